The molecule has 1 aromatic carbocycles. The normalized spacial score (nSPS) is 13.6. The fraction of sp³-hybridized carbons (Fsp3) is 0.469. The lowest BCUT2D eigenvalue weighted by Gasteiger charge is -2.18. The Hall–Kier alpha value is -3.81. The van der Waals surface area contributed by atoms with Crippen molar-refractivity contribution >= 4 is 23.4 Å². The molecule has 8 heteroatoms. The molecule has 0 atom stereocenters. The van der Waals surface area contributed by atoms with E-state index >= 15 is 0 Å². The van der Waals surface area contributed by atoms with Crippen LogP contribution in [0.4, 0.5) is 0 Å². The highest BCUT2D eigenvalue weighted by Gasteiger charge is 2.30. The quantitative estimate of drug-likeness (QED) is 0.263. The third kappa shape index (κ3) is 4.84. The van der Waals surface area contributed by atoms with Gasteiger partial charge in [0.15, 0.2) is 17.1 Å². The Balaban J connectivity index is 1.85. The summed E-state index contributed by atoms with van der Waals surface area (Å²) in [5.41, 5.74) is 6.66. The largest absolute Gasteiger partial charge is 0.306 e. The second-order valence-electron chi connectivity index (χ2n) is 13.5. The van der Waals surface area contributed by atoms with E-state index < -0.39 is 0 Å². The van der Waals surface area contributed by atoms with E-state index in [0.717, 1.165) is 50.7 Å². The van der Waals surface area contributed by atoms with Crippen LogP contribution in [-0.4, -0.2) is 39.2 Å². The molecule has 8 nitrogen and oxygen atoms in total. The summed E-state index contributed by atoms with van der Waals surface area (Å²) >= 11 is 0. The highest BCUT2D eigenvalue weighted by molar-refractivity contribution is 5.72. The van der Waals surface area contributed by atoms with Crippen LogP contribution in [0, 0.1) is 0 Å². The molecule has 5 rings (SSSR count). The van der Waals surface area contributed by atoms with E-state index in [9.17, 15) is 0 Å². The first-order chi connectivity index (χ1) is 18.7. The van der Waals surface area contributed by atoms with Crippen molar-refractivity contribution < 1.29 is 0 Å². The minimum Gasteiger partial charge on any atom is -0.306 e. The summed E-state index contributed by atoms with van der Waals surface area (Å²) in [6.45, 7) is 26.3. The second-order valence-corrected chi connectivity index (χ2v) is 13.5. The number of rotatable bonds is 6. The molecule has 210 valence electrons. The Morgan fingerprint density at radius 1 is 0.800 bits per heavy atom. The van der Waals surface area contributed by atoms with Crippen LogP contribution in [0.5, 0.6) is 0 Å². The Bertz CT molecular complexity index is 1750. The summed E-state index contributed by atoms with van der Waals surface area (Å²) in [5.74, 6) is 2.23. The van der Waals surface area contributed by atoms with Crippen molar-refractivity contribution in [3.05, 3.63) is 75.8 Å². The maximum absolute atomic E-state index is 5.08. The van der Waals surface area contributed by atoms with Gasteiger partial charge in [0, 0.05) is 33.4 Å². The molecule has 0 bridgehead atoms. The van der Waals surface area contributed by atoms with Gasteiger partial charge >= 0.3 is 0 Å². The van der Waals surface area contributed by atoms with Gasteiger partial charge in [0.25, 0.3) is 0 Å². The predicted octanol–water partition coefficient (Wildman–Crippen LogP) is 6.05. The van der Waals surface area contributed by atoms with E-state index in [1.54, 1.807) is 4.63 Å². The second kappa shape index (κ2) is 9.68. The van der Waals surface area contributed by atoms with Crippen LogP contribution < -0.4 is 5.22 Å². The summed E-state index contributed by atoms with van der Waals surface area (Å²) in [4.78, 5) is 4.94. The van der Waals surface area contributed by atoms with E-state index in [2.05, 4.69) is 111 Å². The van der Waals surface area contributed by atoms with Crippen molar-refractivity contribution in [2.24, 2.45) is 0 Å². The number of hydrogen-bond acceptors (Lipinski definition) is 5. The lowest BCUT2D eigenvalue weighted by atomic mass is 9.88. The molecule has 4 heterocycles. The number of fused-ring (bicyclic) bond motifs is 2. The Labute approximate surface area is 236 Å². The van der Waals surface area contributed by atoms with E-state index in [-0.39, 0.29) is 22.7 Å². The summed E-state index contributed by atoms with van der Waals surface area (Å²) < 4.78 is 5.85. The van der Waals surface area contributed by atoms with Crippen LogP contribution in [0.3, 0.4) is 0 Å². The van der Waals surface area contributed by atoms with Crippen LogP contribution in [0.1, 0.15) is 121 Å². The molecule has 0 N–H and O–H groups in total. The van der Waals surface area contributed by atoms with Gasteiger partial charge in [-0.3, -0.25) is 0 Å². The number of hydrogen-bond donors (Lipinski definition) is 0. The minimum absolute atomic E-state index is 0.198. The third-order valence-electron chi connectivity index (χ3n) is 7.21. The summed E-state index contributed by atoms with van der Waals surface area (Å²) in [6, 6.07) is 8.53. The molecule has 0 unspecified atom stereocenters. The van der Waals surface area contributed by atoms with Crippen LogP contribution in [0.2, 0.25) is 0 Å². The summed E-state index contributed by atoms with van der Waals surface area (Å²) in [7, 11) is 0. The molecule has 40 heavy (non-hydrogen) atoms. The SMILES string of the molecule is C=Cc1ccc(Cn2c(C(C)C)nn3nc(C(C)(C)C)c(/C=c4/c(C(C)(C)C)nn5nc(C(C)C)nc45)c23)cc1. The highest BCUT2D eigenvalue weighted by Crippen LogP contribution is 2.31. The fourth-order valence-corrected chi connectivity index (χ4v) is 5.09. The lowest BCUT2D eigenvalue weighted by Crippen LogP contribution is -2.23. The average Bonchev–Trinajstić information content (AvgIpc) is 3.59. The molecule has 0 amide bonds. The maximum atomic E-state index is 5.08. The van der Waals surface area contributed by atoms with Gasteiger partial charge in [0.2, 0.25) is 0 Å². The molecular formula is C32H42N8. The number of nitrogens with zero attached hydrogens (tertiary/aromatic N) is 8. The first-order valence-corrected chi connectivity index (χ1v) is 14.2. The zero-order chi connectivity index (χ0) is 29.1. The van der Waals surface area contributed by atoms with E-state index in [1.165, 1.54) is 5.56 Å². The van der Waals surface area contributed by atoms with Crippen molar-refractivity contribution in [2.45, 2.75) is 98.4 Å². The Kier molecular flexibility index (Phi) is 6.71. The van der Waals surface area contributed by atoms with Gasteiger partial charge < -0.3 is 4.57 Å². The molecule has 0 aliphatic heterocycles. The highest BCUT2D eigenvalue weighted by atomic mass is 15.5. The molecule has 0 saturated heterocycles. The molecule has 0 fully saturated rings. The van der Waals surface area contributed by atoms with E-state index in [1.807, 2.05) is 10.7 Å². The van der Waals surface area contributed by atoms with Crippen molar-refractivity contribution in [1.29, 1.82) is 0 Å². The summed E-state index contributed by atoms with van der Waals surface area (Å²) in [6.07, 6.45) is 4.10. The van der Waals surface area contributed by atoms with Crippen molar-refractivity contribution in [2.75, 3.05) is 0 Å². The van der Waals surface area contributed by atoms with Gasteiger partial charge in [-0.1, -0.05) is 106 Å². The molecule has 0 spiro atoms. The summed E-state index contributed by atoms with van der Waals surface area (Å²) in [5, 5.41) is 20.7. The smallest absolute Gasteiger partial charge is 0.185 e. The molecular weight excluding hydrogens is 496 g/mol. The Morgan fingerprint density at radius 2 is 1.43 bits per heavy atom. The van der Waals surface area contributed by atoms with Crippen LogP contribution in [0.15, 0.2) is 30.8 Å². The fourth-order valence-electron chi connectivity index (χ4n) is 5.09. The van der Waals surface area contributed by atoms with Gasteiger partial charge in [0.1, 0.15) is 5.82 Å². The standard InChI is InChI=1S/C32H42N8/c1-12-21-13-15-22(16-14-21)18-38-28(20(4)5)37-40-30(38)24(26(35-40)32(9,10)11)17-23-25(31(6,7)8)34-39-29(23)33-27(36-39)19(2)3/h12-17,19-20H,1,18H2,2-11H3/b23-17-. The molecule has 0 aliphatic carbocycles. The number of benzene rings is 1. The minimum atomic E-state index is -0.205. The van der Waals surface area contributed by atoms with E-state index in [0.29, 0.717) is 6.54 Å². The zero-order valence-electron chi connectivity index (χ0n) is 25.6. The Morgan fingerprint density at radius 3 is 1.98 bits per heavy atom. The third-order valence-corrected chi connectivity index (χ3v) is 7.21. The monoisotopic (exact) mass is 538 g/mol. The van der Waals surface area contributed by atoms with Gasteiger partial charge in [-0.05, 0) is 17.2 Å². The van der Waals surface area contributed by atoms with Gasteiger partial charge in [0.05, 0.1) is 17.9 Å². The first kappa shape index (κ1) is 27.7. The first-order valence-electron chi connectivity index (χ1n) is 14.2. The number of aromatic nitrogens is 8. The van der Waals surface area contributed by atoms with E-state index in [4.69, 9.17) is 25.4 Å². The molecule has 4 aromatic heterocycles. The topological polar surface area (TPSA) is 78.2 Å². The van der Waals surface area contributed by atoms with Crippen LogP contribution in [0.25, 0.3) is 23.4 Å². The average molecular weight is 539 g/mol. The maximum Gasteiger partial charge on any atom is 0.185 e. The van der Waals surface area contributed by atoms with Gasteiger partial charge in [-0.2, -0.15) is 10.2 Å². The van der Waals surface area contributed by atoms with Crippen molar-refractivity contribution in [3.63, 3.8) is 0 Å². The van der Waals surface area contributed by atoms with Crippen molar-refractivity contribution in [1.82, 2.24) is 39.2 Å². The van der Waals surface area contributed by atoms with Crippen molar-refractivity contribution in [3.8, 4) is 0 Å². The van der Waals surface area contributed by atoms with Crippen LogP contribution >= 0.6 is 0 Å². The zero-order valence-corrected chi connectivity index (χ0v) is 25.6. The molecule has 5 aromatic rings. The van der Waals surface area contributed by atoms with Gasteiger partial charge in [-0.15, -0.1) is 19.5 Å². The lowest BCUT2D eigenvalue weighted by molar-refractivity contribution is 0.551. The molecule has 0 aliphatic rings. The predicted molar refractivity (Wildman–Crippen MR) is 162 cm³/mol. The van der Waals surface area contributed by atoms with Crippen LogP contribution in [-0.2, 0) is 17.4 Å². The molecule has 0 radical (unpaired) electrons. The molecule has 0 saturated carbocycles. The van der Waals surface area contributed by atoms with Gasteiger partial charge in [-0.25, -0.2) is 4.98 Å².